The van der Waals surface area contributed by atoms with Gasteiger partial charge in [-0.3, -0.25) is 0 Å². The topological polar surface area (TPSA) is 116 Å². The normalized spacial score (nSPS) is 12.4. The first-order chi connectivity index (χ1) is 9.58. The Kier molecular flexibility index (Phi) is 4.09. The van der Waals surface area contributed by atoms with Crippen molar-refractivity contribution < 1.29 is 4.63 Å². The summed E-state index contributed by atoms with van der Waals surface area (Å²) >= 11 is 0. The number of nitrogen functional groups attached to an aromatic ring is 1. The summed E-state index contributed by atoms with van der Waals surface area (Å²) in [5.41, 5.74) is 13.5. The average molecular weight is 272 g/mol. The van der Waals surface area contributed by atoms with Crippen LogP contribution in [0.5, 0.6) is 0 Å². The highest BCUT2D eigenvalue weighted by atomic mass is 16.6. The van der Waals surface area contributed by atoms with Gasteiger partial charge in [0.2, 0.25) is 0 Å². The number of aromatic nitrogens is 2. The molecule has 1 heterocycles. The summed E-state index contributed by atoms with van der Waals surface area (Å²) < 4.78 is 4.43. The van der Waals surface area contributed by atoms with Gasteiger partial charge in [0.15, 0.2) is 17.3 Å². The maximum atomic E-state index is 5.66. The third-order valence-corrected chi connectivity index (χ3v) is 2.73. The molecule has 1 aromatic carbocycles. The molecule has 1 aromatic heterocycles. The third kappa shape index (κ3) is 3.19. The van der Waals surface area contributed by atoms with Crippen LogP contribution in [0.2, 0.25) is 0 Å². The van der Waals surface area contributed by atoms with E-state index in [-0.39, 0.29) is 17.3 Å². The van der Waals surface area contributed by atoms with Crippen LogP contribution in [-0.2, 0) is 0 Å². The van der Waals surface area contributed by atoms with Crippen molar-refractivity contribution in [2.45, 2.75) is 19.8 Å². The van der Waals surface area contributed by atoms with Crippen molar-refractivity contribution in [3.05, 3.63) is 41.1 Å². The van der Waals surface area contributed by atoms with Gasteiger partial charge in [0.05, 0.1) is 6.21 Å². The summed E-state index contributed by atoms with van der Waals surface area (Å²) in [6, 6.07) is 8.05. The molecular weight excluding hydrogens is 256 g/mol. The lowest BCUT2D eigenvalue weighted by atomic mass is 10.0. The summed E-state index contributed by atoms with van der Waals surface area (Å²) in [5, 5.41) is 14.6. The van der Waals surface area contributed by atoms with Crippen LogP contribution in [0.25, 0.3) is 0 Å². The molecule has 7 nitrogen and oxygen atoms in total. The number of amidine groups is 1. The van der Waals surface area contributed by atoms with Crippen molar-refractivity contribution in [1.29, 1.82) is 0 Å². The molecule has 0 saturated heterocycles. The Hall–Kier alpha value is -2.70. The van der Waals surface area contributed by atoms with Gasteiger partial charge in [-0.05, 0) is 27.4 Å². The molecule has 0 amide bonds. The number of hydrogen-bond donors (Lipinski definition) is 2. The molecule has 0 aliphatic carbocycles. The number of rotatable bonds is 4. The fourth-order valence-electron chi connectivity index (χ4n) is 1.55. The Balaban J connectivity index is 2.08. The van der Waals surface area contributed by atoms with Crippen LogP contribution in [0.3, 0.4) is 0 Å². The van der Waals surface area contributed by atoms with E-state index in [1.54, 1.807) is 6.21 Å². The highest BCUT2D eigenvalue weighted by Gasteiger charge is 2.09. The number of benzene rings is 1. The first-order valence-electron chi connectivity index (χ1n) is 6.12. The van der Waals surface area contributed by atoms with E-state index in [9.17, 15) is 0 Å². The van der Waals surface area contributed by atoms with Crippen LogP contribution in [0.1, 0.15) is 36.6 Å². The maximum absolute atomic E-state index is 5.66. The standard InChI is InChI=1S/C13H16N6O/c1-8(2)10-5-3-9(4-6-10)7-16-17-12(14)11-13(15)19-20-18-11/h3-8H,1-2H3,(H2,14,17)(H2,15,19)/b16-7+. The van der Waals surface area contributed by atoms with Crippen LogP contribution in [0, 0.1) is 0 Å². The quantitative estimate of drug-likeness (QED) is 0.497. The van der Waals surface area contributed by atoms with Gasteiger partial charge in [-0.15, -0.1) is 5.10 Å². The molecule has 0 saturated carbocycles. The molecule has 0 radical (unpaired) electrons. The van der Waals surface area contributed by atoms with Crippen molar-refractivity contribution in [2.24, 2.45) is 15.9 Å². The first-order valence-corrected chi connectivity index (χ1v) is 6.12. The molecule has 7 heteroatoms. The van der Waals surface area contributed by atoms with Gasteiger partial charge >= 0.3 is 0 Å². The Morgan fingerprint density at radius 3 is 2.50 bits per heavy atom. The van der Waals surface area contributed by atoms with Gasteiger partial charge in [-0.1, -0.05) is 38.1 Å². The molecule has 0 unspecified atom stereocenters. The first kappa shape index (κ1) is 13.7. The molecule has 2 aromatic rings. The molecule has 0 spiro atoms. The minimum atomic E-state index is 0.0544. The van der Waals surface area contributed by atoms with Gasteiger partial charge in [-0.25, -0.2) is 4.63 Å². The van der Waals surface area contributed by atoms with Crippen molar-refractivity contribution in [1.82, 2.24) is 10.3 Å². The maximum Gasteiger partial charge on any atom is 0.199 e. The van der Waals surface area contributed by atoms with Gasteiger partial charge in [-0.2, -0.15) is 5.10 Å². The summed E-state index contributed by atoms with van der Waals surface area (Å²) in [5.74, 6) is 0.638. The van der Waals surface area contributed by atoms with Crippen LogP contribution in [0.15, 0.2) is 39.1 Å². The minimum absolute atomic E-state index is 0.0544. The highest BCUT2D eigenvalue weighted by Crippen LogP contribution is 2.13. The van der Waals surface area contributed by atoms with E-state index in [0.29, 0.717) is 5.92 Å². The fourth-order valence-corrected chi connectivity index (χ4v) is 1.55. The second-order valence-electron chi connectivity index (χ2n) is 4.55. The second kappa shape index (κ2) is 5.96. The lowest BCUT2D eigenvalue weighted by molar-refractivity contribution is 0.308. The SMILES string of the molecule is CC(C)c1ccc(/C=N/N=C(\N)c2nonc2N)cc1. The van der Waals surface area contributed by atoms with E-state index in [2.05, 4.69) is 51.1 Å². The molecule has 0 fully saturated rings. The van der Waals surface area contributed by atoms with E-state index in [0.717, 1.165) is 5.56 Å². The molecule has 104 valence electrons. The smallest absolute Gasteiger partial charge is 0.199 e. The molecule has 2 rings (SSSR count). The predicted octanol–water partition coefficient (Wildman–Crippen LogP) is 1.51. The van der Waals surface area contributed by atoms with Crippen LogP contribution >= 0.6 is 0 Å². The molecule has 20 heavy (non-hydrogen) atoms. The van der Waals surface area contributed by atoms with Gasteiger partial charge in [0.1, 0.15) is 0 Å². The summed E-state index contributed by atoms with van der Waals surface area (Å²) in [6.07, 6.45) is 1.60. The van der Waals surface area contributed by atoms with Gasteiger partial charge in [0.25, 0.3) is 0 Å². The zero-order chi connectivity index (χ0) is 14.5. The van der Waals surface area contributed by atoms with Crippen LogP contribution < -0.4 is 11.5 Å². The van der Waals surface area contributed by atoms with E-state index >= 15 is 0 Å². The number of anilines is 1. The molecule has 4 N–H and O–H groups in total. The largest absolute Gasteiger partial charge is 0.380 e. The summed E-state index contributed by atoms with van der Waals surface area (Å²) in [6.45, 7) is 4.29. The van der Waals surface area contributed by atoms with Crippen molar-refractivity contribution in [3.63, 3.8) is 0 Å². The molecule has 0 atom stereocenters. The van der Waals surface area contributed by atoms with E-state index in [1.165, 1.54) is 5.56 Å². The van der Waals surface area contributed by atoms with Crippen LogP contribution in [0.4, 0.5) is 5.82 Å². The van der Waals surface area contributed by atoms with Crippen LogP contribution in [-0.4, -0.2) is 22.4 Å². The Morgan fingerprint density at radius 2 is 1.95 bits per heavy atom. The molecular formula is C13H16N6O. The summed E-state index contributed by atoms with van der Waals surface area (Å²) in [4.78, 5) is 0. The average Bonchev–Trinajstić information content (AvgIpc) is 2.85. The molecule has 0 aliphatic rings. The third-order valence-electron chi connectivity index (χ3n) is 2.73. The highest BCUT2D eigenvalue weighted by molar-refractivity contribution is 5.99. The second-order valence-corrected chi connectivity index (χ2v) is 4.55. The lowest BCUT2D eigenvalue weighted by Gasteiger charge is -2.03. The van der Waals surface area contributed by atoms with E-state index < -0.39 is 0 Å². The minimum Gasteiger partial charge on any atom is -0.380 e. The lowest BCUT2D eigenvalue weighted by Crippen LogP contribution is -2.15. The zero-order valence-corrected chi connectivity index (χ0v) is 11.3. The monoisotopic (exact) mass is 272 g/mol. The number of nitrogens with zero attached hydrogens (tertiary/aromatic N) is 4. The Labute approximate surface area is 116 Å². The van der Waals surface area contributed by atoms with Crippen molar-refractivity contribution in [2.75, 3.05) is 5.73 Å². The summed E-state index contributed by atoms with van der Waals surface area (Å²) in [7, 11) is 0. The van der Waals surface area contributed by atoms with Crippen molar-refractivity contribution >= 4 is 17.9 Å². The van der Waals surface area contributed by atoms with E-state index in [4.69, 9.17) is 11.5 Å². The Morgan fingerprint density at radius 1 is 1.25 bits per heavy atom. The predicted molar refractivity (Wildman–Crippen MR) is 77.6 cm³/mol. The number of hydrogen-bond acceptors (Lipinski definition) is 6. The van der Waals surface area contributed by atoms with Crippen molar-refractivity contribution in [3.8, 4) is 0 Å². The fraction of sp³-hybridized carbons (Fsp3) is 0.231. The van der Waals surface area contributed by atoms with Gasteiger partial charge in [0, 0.05) is 0 Å². The Bertz CT molecular complexity index is 627. The zero-order valence-electron chi connectivity index (χ0n) is 11.3. The molecule has 0 bridgehead atoms. The number of nitrogens with two attached hydrogens (primary N) is 2. The van der Waals surface area contributed by atoms with Gasteiger partial charge < -0.3 is 11.5 Å². The molecule has 0 aliphatic heterocycles. The van der Waals surface area contributed by atoms with E-state index in [1.807, 2.05) is 12.1 Å².